The van der Waals surface area contributed by atoms with Crippen LogP contribution >= 0.6 is 11.8 Å². The minimum absolute atomic E-state index is 0.266. The SMILES string of the molecule is Cc1ccc2nc(Nc3nc(CSc4nnnn4C)cc(=O)[nH]3)nc(C)c2c1. The molecular weight excluding hydrogens is 378 g/mol. The molecule has 0 aliphatic heterocycles. The third-order valence-corrected chi connectivity index (χ3v) is 5.04. The zero-order chi connectivity index (χ0) is 19.7. The van der Waals surface area contributed by atoms with E-state index in [-0.39, 0.29) is 11.5 Å². The maximum atomic E-state index is 12.0. The molecule has 0 unspecified atom stereocenters. The molecule has 4 aromatic rings. The molecule has 10 nitrogen and oxygen atoms in total. The smallest absolute Gasteiger partial charge is 0.252 e. The molecule has 0 amide bonds. The number of anilines is 2. The number of rotatable bonds is 5. The van der Waals surface area contributed by atoms with E-state index < -0.39 is 0 Å². The van der Waals surface area contributed by atoms with Crippen molar-refractivity contribution in [1.82, 2.24) is 40.1 Å². The molecule has 0 atom stereocenters. The number of hydrogen-bond donors (Lipinski definition) is 2. The van der Waals surface area contributed by atoms with E-state index in [9.17, 15) is 4.79 Å². The largest absolute Gasteiger partial charge is 0.294 e. The number of hydrogen-bond acceptors (Lipinski definition) is 9. The molecule has 142 valence electrons. The van der Waals surface area contributed by atoms with E-state index in [0.717, 1.165) is 22.2 Å². The van der Waals surface area contributed by atoms with Crippen molar-refractivity contribution in [1.29, 1.82) is 0 Å². The molecule has 3 aromatic heterocycles. The average molecular weight is 395 g/mol. The summed E-state index contributed by atoms with van der Waals surface area (Å²) >= 11 is 1.39. The maximum Gasteiger partial charge on any atom is 0.252 e. The summed E-state index contributed by atoms with van der Waals surface area (Å²) in [6, 6.07) is 7.44. The van der Waals surface area contributed by atoms with Crippen molar-refractivity contribution >= 4 is 34.6 Å². The standard InChI is InChI=1S/C17H17N9OS/c1-9-4-5-13-12(6-9)10(2)18-15(20-13)22-16-19-11(7-14(27)21-16)8-28-17-23-24-25-26(17)3/h4-7H,8H2,1-3H3,(H2,18,19,20,21,22,27). The Morgan fingerprint density at radius 3 is 2.82 bits per heavy atom. The molecule has 0 spiro atoms. The first-order valence-corrected chi connectivity index (χ1v) is 9.44. The monoisotopic (exact) mass is 395 g/mol. The molecule has 0 saturated heterocycles. The Kier molecular flexibility index (Phi) is 4.74. The molecule has 0 fully saturated rings. The molecule has 0 saturated carbocycles. The number of thioether (sulfide) groups is 1. The maximum absolute atomic E-state index is 12.0. The van der Waals surface area contributed by atoms with Crippen LogP contribution in [0.3, 0.4) is 0 Å². The van der Waals surface area contributed by atoms with Gasteiger partial charge in [-0.2, -0.15) is 0 Å². The van der Waals surface area contributed by atoms with Gasteiger partial charge in [0, 0.05) is 24.3 Å². The van der Waals surface area contributed by atoms with Gasteiger partial charge >= 0.3 is 0 Å². The summed E-state index contributed by atoms with van der Waals surface area (Å²) in [5, 5.41) is 15.9. The van der Waals surface area contributed by atoms with Gasteiger partial charge in [-0.25, -0.2) is 19.6 Å². The lowest BCUT2D eigenvalue weighted by Gasteiger charge is -2.08. The Morgan fingerprint density at radius 2 is 2.04 bits per heavy atom. The minimum Gasteiger partial charge on any atom is -0.294 e. The Labute approximate surface area is 163 Å². The molecule has 0 aliphatic carbocycles. The van der Waals surface area contributed by atoms with E-state index in [1.54, 1.807) is 11.7 Å². The molecule has 0 bridgehead atoms. The first-order valence-electron chi connectivity index (χ1n) is 8.45. The predicted octanol–water partition coefficient (Wildman–Crippen LogP) is 1.89. The Morgan fingerprint density at radius 1 is 1.18 bits per heavy atom. The number of fused-ring (bicyclic) bond motifs is 1. The zero-order valence-electron chi connectivity index (χ0n) is 15.5. The topological polar surface area (TPSA) is 127 Å². The van der Waals surface area contributed by atoms with E-state index in [2.05, 4.69) is 40.8 Å². The van der Waals surface area contributed by atoms with Crippen molar-refractivity contribution in [2.24, 2.45) is 7.05 Å². The van der Waals surface area contributed by atoms with Gasteiger partial charge in [0.05, 0.1) is 16.9 Å². The van der Waals surface area contributed by atoms with Gasteiger partial charge in [-0.3, -0.25) is 15.1 Å². The normalized spacial score (nSPS) is 11.1. The lowest BCUT2D eigenvalue weighted by Crippen LogP contribution is -2.13. The second-order valence-electron chi connectivity index (χ2n) is 6.24. The molecular formula is C17H17N9OS. The zero-order valence-corrected chi connectivity index (χ0v) is 16.3. The molecule has 1 aromatic carbocycles. The highest BCUT2D eigenvalue weighted by Crippen LogP contribution is 2.21. The first kappa shape index (κ1) is 18.0. The highest BCUT2D eigenvalue weighted by atomic mass is 32.2. The van der Waals surface area contributed by atoms with Crippen LogP contribution in [0.25, 0.3) is 10.9 Å². The van der Waals surface area contributed by atoms with Gasteiger partial charge in [-0.05, 0) is 36.4 Å². The fourth-order valence-corrected chi connectivity index (χ4v) is 3.42. The van der Waals surface area contributed by atoms with Crippen molar-refractivity contribution in [2.45, 2.75) is 24.8 Å². The molecule has 28 heavy (non-hydrogen) atoms. The molecule has 3 heterocycles. The summed E-state index contributed by atoms with van der Waals surface area (Å²) < 4.78 is 1.56. The number of H-pyrrole nitrogens is 1. The van der Waals surface area contributed by atoms with Crippen LogP contribution in [0.2, 0.25) is 0 Å². The van der Waals surface area contributed by atoms with Crippen LogP contribution in [-0.4, -0.2) is 40.1 Å². The van der Waals surface area contributed by atoms with E-state index >= 15 is 0 Å². The fourth-order valence-electron chi connectivity index (χ4n) is 2.68. The Balaban J connectivity index is 1.58. The lowest BCUT2D eigenvalue weighted by molar-refractivity contribution is 0.664. The van der Waals surface area contributed by atoms with Crippen LogP contribution < -0.4 is 10.9 Å². The van der Waals surface area contributed by atoms with Crippen LogP contribution in [0.1, 0.15) is 17.0 Å². The summed E-state index contributed by atoms with van der Waals surface area (Å²) in [5.41, 5.74) is 3.14. The molecule has 4 rings (SSSR count). The van der Waals surface area contributed by atoms with Gasteiger partial charge < -0.3 is 0 Å². The second kappa shape index (κ2) is 7.35. The average Bonchev–Trinajstić information content (AvgIpc) is 3.05. The van der Waals surface area contributed by atoms with Crippen molar-refractivity contribution < 1.29 is 0 Å². The summed E-state index contributed by atoms with van der Waals surface area (Å²) in [6.07, 6.45) is 0. The van der Waals surface area contributed by atoms with Gasteiger partial charge in [0.15, 0.2) is 0 Å². The molecule has 11 heteroatoms. The summed E-state index contributed by atoms with van der Waals surface area (Å²) in [6.45, 7) is 3.95. The van der Waals surface area contributed by atoms with Gasteiger partial charge in [-0.15, -0.1) is 5.10 Å². The van der Waals surface area contributed by atoms with Crippen molar-refractivity contribution in [3.63, 3.8) is 0 Å². The molecule has 2 N–H and O–H groups in total. The van der Waals surface area contributed by atoms with Gasteiger partial charge in [0.25, 0.3) is 5.56 Å². The Bertz CT molecular complexity index is 1220. The number of tetrazole rings is 1. The van der Waals surface area contributed by atoms with E-state index in [0.29, 0.717) is 22.6 Å². The number of nitrogens with zero attached hydrogens (tertiary/aromatic N) is 7. The van der Waals surface area contributed by atoms with Crippen LogP contribution in [0.15, 0.2) is 34.2 Å². The van der Waals surface area contributed by atoms with Gasteiger partial charge in [-0.1, -0.05) is 23.4 Å². The second-order valence-corrected chi connectivity index (χ2v) is 7.18. The molecule has 0 radical (unpaired) electrons. The first-order chi connectivity index (χ1) is 13.5. The van der Waals surface area contributed by atoms with E-state index in [1.165, 1.54) is 17.8 Å². The number of aromatic nitrogens is 8. The van der Waals surface area contributed by atoms with Gasteiger partial charge in [0.2, 0.25) is 17.1 Å². The summed E-state index contributed by atoms with van der Waals surface area (Å²) in [7, 11) is 1.75. The fraction of sp³-hybridized carbons (Fsp3) is 0.235. The number of aromatic amines is 1. The third-order valence-electron chi connectivity index (χ3n) is 4.00. The Hall–Kier alpha value is -3.34. The number of nitrogens with one attached hydrogen (secondary N) is 2. The summed E-state index contributed by atoms with van der Waals surface area (Å²) in [5.74, 6) is 1.10. The van der Waals surface area contributed by atoms with Crippen molar-refractivity contribution in [3.8, 4) is 0 Å². The van der Waals surface area contributed by atoms with E-state index in [1.807, 2.05) is 32.0 Å². The minimum atomic E-state index is -0.266. The van der Waals surface area contributed by atoms with Crippen LogP contribution in [0, 0.1) is 13.8 Å². The quantitative estimate of drug-likeness (QED) is 0.487. The third kappa shape index (κ3) is 3.83. The van der Waals surface area contributed by atoms with Gasteiger partial charge in [0.1, 0.15) is 0 Å². The van der Waals surface area contributed by atoms with Crippen molar-refractivity contribution in [2.75, 3.05) is 5.32 Å². The van der Waals surface area contributed by atoms with E-state index in [4.69, 9.17) is 0 Å². The van der Waals surface area contributed by atoms with Crippen LogP contribution in [-0.2, 0) is 12.8 Å². The summed E-state index contributed by atoms with van der Waals surface area (Å²) in [4.78, 5) is 28.1. The predicted molar refractivity (Wildman–Crippen MR) is 106 cm³/mol. The number of benzene rings is 1. The van der Waals surface area contributed by atoms with Crippen molar-refractivity contribution in [3.05, 3.63) is 51.6 Å². The number of aryl methyl sites for hydroxylation is 3. The lowest BCUT2D eigenvalue weighted by atomic mass is 10.1. The van der Waals surface area contributed by atoms with Crippen LogP contribution in [0.5, 0.6) is 0 Å². The van der Waals surface area contributed by atoms with Crippen LogP contribution in [0.4, 0.5) is 11.9 Å². The molecule has 0 aliphatic rings. The highest BCUT2D eigenvalue weighted by Gasteiger charge is 2.09. The highest BCUT2D eigenvalue weighted by molar-refractivity contribution is 7.98.